The van der Waals surface area contributed by atoms with Crippen LogP contribution in [0, 0.1) is 0 Å². The van der Waals surface area contributed by atoms with Crippen molar-refractivity contribution in [2.75, 3.05) is 13.7 Å². The first-order valence-electron chi connectivity index (χ1n) is 7.41. The summed E-state index contributed by atoms with van der Waals surface area (Å²) in [6.07, 6.45) is -0.219. The summed E-state index contributed by atoms with van der Waals surface area (Å²) >= 11 is 13.3. The van der Waals surface area contributed by atoms with Crippen LogP contribution in [0.4, 0.5) is 0 Å². The van der Waals surface area contributed by atoms with Crippen molar-refractivity contribution in [3.63, 3.8) is 0 Å². The number of hydrogen-bond acceptors (Lipinski definition) is 6. The lowest BCUT2D eigenvalue weighted by Crippen LogP contribution is -2.47. The van der Waals surface area contributed by atoms with Crippen molar-refractivity contribution < 1.29 is 23.9 Å². The van der Waals surface area contributed by atoms with E-state index >= 15 is 0 Å². The molecule has 0 aliphatic carbocycles. The SMILES string of the molecule is COC(=O)CN(C(=O)c1cccc2c(Cl)c(Cl)sc12)C1CC(=O)NC1=O. The first kappa shape index (κ1) is 18.6. The van der Waals surface area contributed by atoms with Gasteiger partial charge in [-0.15, -0.1) is 11.3 Å². The molecule has 3 rings (SSSR count). The van der Waals surface area contributed by atoms with Gasteiger partial charge < -0.3 is 9.64 Å². The van der Waals surface area contributed by atoms with Crippen LogP contribution in [0.5, 0.6) is 0 Å². The zero-order chi connectivity index (χ0) is 19.0. The summed E-state index contributed by atoms with van der Waals surface area (Å²) in [4.78, 5) is 49.5. The number of nitrogens with one attached hydrogen (secondary N) is 1. The fourth-order valence-corrected chi connectivity index (χ4v) is 4.29. The molecule has 1 aromatic heterocycles. The first-order chi connectivity index (χ1) is 12.3. The van der Waals surface area contributed by atoms with Crippen molar-refractivity contribution in [2.45, 2.75) is 12.5 Å². The van der Waals surface area contributed by atoms with Crippen LogP contribution in [0.3, 0.4) is 0 Å². The first-order valence-corrected chi connectivity index (χ1v) is 8.98. The van der Waals surface area contributed by atoms with Crippen LogP contribution in [0.2, 0.25) is 9.36 Å². The second kappa shape index (κ2) is 7.22. The number of carbonyl (C=O) groups excluding carboxylic acids is 4. The maximum atomic E-state index is 13.1. The van der Waals surface area contributed by atoms with Crippen LogP contribution in [0.1, 0.15) is 16.8 Å². The summed E-state index contributed by atoms with van der Waals surface area (Å²) in [5.41, 5.74) is 0.234. The van der Waals surface area contributed by atoms with Crippen LogP contribution >= 0.6 is 34.5 Å². The van der Waals surface area contributed by atoms with Crippen LogP contribution in [-0.2, 0) is 19.1 Å². The monoisotopic (exact) mass is 414 g/mol. The van der Waals surface area contributed by atoms with Gasteiger partial charge in [-0.2, -0.15) is 0 Å². The van der Waals surface area contributed by atoms with E-state index in [0.29, 0.717) is 19.4 Å². The van der Waals surface area contributed by atoms with Gasteiger partial charge in [-0.05, 0) is 6.07 Å². The molecule has 0 radical (unpaired) electrons. The maximum absolute atomic E-state index is 13.1. The van der Waals surface area contributed by atoms with Gasteiger partial charge in [0.05, 0.1) is 28.8 Å². The van der Waals surface area contributed by atoms with E-state index in [-0.39, 0.29) is 12.0 Å². The third-order valence-electron chi connectivity index (χ3n) is 3.95. The van der Waals surface area contributed by atoms with Gasteiger partial charge in [0.2, 0.25) is 11.8 Å². The lowest BCUT2D eigenvalue weighted by atomic mass is 10.1. The third kappa shape index (κ3) is 3.27. The fourth-order valence-electron chi connectivity index (χ4n) is 2.70. The number of fused-ring (bicyclic) bond motifs is 1. The quantitative estimate of drug-likeness (QED) is 0.611. The highest BCUT2D eigenvalue weighted by atomic mass is 35.5. The van der Waals surface area contributed by atoms with Gasteiger partial charge in [0.15, 0.2) is 0 Å². The second-order valence-electron chi connectivity index (χ2n) is 5.51. The Bertz CT molecular complexity index is 942. The molecule has 1 unspecified atom stereocenters. The second-order valence-corrected chi connectivity index (χ2v) is 7.51. The molecule has 7 nitrogen and oxygen atoms in total. The number of amides is 3. The van der Waals surface area contributed by atoms with E-state index in [1.54, 1.807) is 18.2 Å². The molecule has 0 bridgehead atoms. The molecule has 2 aromatic rings. The average molecular weight is 415 g/mol. The number of benzene rings is 1. The number of esters is 1. The number of rotatable bonds is 4. The molecule has 1 aromatic carbocycles. The molecule has 2 heterocycles. The Balaban J connectivity index is 2.05. The molecule has 0 spiro atoms. The molecular formula is C16H12Cl2N2O5S. The van der Waals surface area contributed by atoms with Crippen molar-refractivity contribution in [2.24, 2.45) is 0 Å². The Labute approximate surface area is 161 Å². The van der Waals surface area contributed by atoms with E-state index in [2.05, 4.69) is 10.1 Å². The summed E-state index contributed by atoms with van der Waals surface area (Å²) in [6, 6.07) is 3.80. The summed E-state index contributed by atoms with van der Waals surface area (Å²) in [5.74, 6) is -2.45. The van der Waals surface area contributed by atoms with Crippen molar-refractivity contribution in [3.05, 3.63) is 33.1 Å². The molecule has 26 heavy (non-hydrogen) atoms. The van der Waals surface area contributed by atoms with E-state index in [1.807, 2.05) is 0 Å². The number of hydrogen-bond donors (Lipinski definition) is 1. The van der Waals surface area contributed by atoms with Crippen molar-refractivity contribution >= 4 is 68.3 Å². The van der Waals surface area contributed by atoms with Crippen LogP contribution < -0.4 is 5.32 Å². The van der Waals surface area contributed by atoms with Crippen molar-refractivity contribution in [1.29, 1.82) is 0 Å². The maximum Gasteiger partial charge on any atom is 0.325 e. The topological polar surface area (TPSA) is 92.8 Å². The summed E-state index contributed by atoms with van der Waals surface area (Å²) < 4.78 is 5.47. The zero-order valence-corrected chi connectivity index (χ0v) is 15.7. The number of ether oxygens (including phenoxy) is 1. The molecule has 10 heteroatoms. The smallest absolute Gasteiger partial charge is 0.325 e. The van der Waals surface area contributed by atoms with Gasteiger partial charge >= 0.3 is 5.97 Å². The molecule has 1 N–H and O–H groups in total. The largest absolute Gasteiger partial charge is 0.468 e. The van der Waals surface area contributed by atoms with Crippen LogP contribution in [-0.4, -0.2) is 48.3 Å². The number of carbonyl (C=O) groups is 4. The lowest BCUT2D eigenvalue weighted by molar-refractivity contribution is -0.142. The van der Waals surface area contributed by atoms with E-state index in [4.69, 9.17) is 23.2 Å². The summed E-state index contributed by atoms with van der Waals surface area (Å²) in [7, 11) is 1.17. The summed E-state index contributed by atoms with van der Waals surface area (Å²) in [5, 5.41) is 3.06. The molecule has 1 fully saturated rings. The van der Waals surface area contributed by atoms with Gasteiger partial charge in [0, 0.05) is 5.39 Å². The molecule has 1 aliphatic rings. The number of nitrogens with zero attached hydrogens (tertiary/aromatic N) is 1. The van der Waals surface area contributed by atoms with Crippen molar-refractivity contribution in [3.8, 4) is 0 Å². The highest BCUT2D eigenvalue weighted by Gasteiger charge is 2.39. The Kier molecular flexibility index (Phi) is 5.17. The molecule has 1 atom stereocenters. The fraction of sp³-hybridized carbons (Fsp3) is 0.250. The average Bonchev–Trinajstić information content (AvgIpc) is 3.10. The van der Waals surface area contributed by atoms with E-state index in [0.717, 1.165) is 16.2 Å². The minimum absolute atomic E-state index is 0.219. The van der Waals surface area contributed by atoms with E-state index in [1.165, 1.54) is 7.11 Å². The molecule has 3 amide bonds. The molecule has 1 saturated heterocycles. The van der Waals surface area contributed by atoms with Gasteiger partial charge in [0.25, 0.3) is 5.91 Å². The minimum atomic E-state index is -1.09. The predicted octanol–water partition coefficient (Wildman–Crippen LogP) is 2.24. The lowest BCUT2D eigenvalue weighted by Gasteiger charge is -2.25. The molecule has 0 saturated carbocycles. The van der Waals surface area contributed by atoms with E-state index in [9.17, 15) is 19.2 Å². The minimum Gasteiger partial charge on any atom is -0.468 e. The Morgan fingerprint density at radius 2 is 2.08 bits per heavy atom. The Morgan fingerprint density at radius 1 is 1.35 bits per heavy atom. The van der Waals surface area contributed by atoms with Gasteiger partial charge in [-0.25, -0.2) is 0 Å². The van der Waals surface area contributed by atoms with Crippen LogP contribution in [0.25, 0.3) is 10.1 Å². The normalized spacial score (nSPS) is 16.7. The van der Waals surface area contributed by atoms with Gasteiger partial charge in [0.1, 0.15) is 16.9 Å². The highest BCUT2D eigenvalue weighted by Crippen LogP contribution is 2.40. The highest BCUT2D eigenvalue weighted by molar-refractivity contribution is 7.23. The standard InChI is InChI=1S/C16H12Cl2N2O5S/c1-25-11(22)6-20(9-5-10(21)19-15(9)23)16(24)8-4-2-3-7-12(17)14(18)26-13(7)8/h2-4,9H,5-6H2,1H3,(H,19,21,23). The molecule has 1 aliphatic heterocycles. The predicted molar refractivity (Wildman–Crippen MR) is 96.5 cm³/mol. The number of methoxy groups -OCH3 is 1. The summed E-state index contributed by atoms with van der Waals surface area (Å²) in [6.45, 7) is -0.468. The number of halogens is 2. The Morgan fingerprint density at radius 3 is 2.69 bits per heavy atom. The third-order valence-corrected chi connectivity index (χ3v) is 6.00. The number of imide groups is 1. The zero-order valence-electron chi connectivity index (χ0n) is 13.4. The Hall–Kier alpha value is -2.16. The van der Waals surface area contributed by atoms with Crippen molar-refractivity contribution in [1.82, 2.24) is 10.2 Å². The van der Waals surface area contributed by atoms with Gasteiger partial charge in [-0.3, -0.25) is 24.5 Å². The number of thiophene rings is 1. The molecule has 136 valence electrons. The van der Waals surface area contributed by atoms with Crippen LogP contribution in [0.15, 0.2) is 18.2 Å². The molecular weight excluding hydrogens is 403 g/mol. The van der Waals surface area contributed by atoms with Gasteiger partial charge in [-0.1, -0.05) is 35.3 Å². The van der Waals surface area contributed by atoms with E-state index < -0.39 is 36.3 Å².